The Labute approximate surface area is 163 Å². The number of hydrogen-bond acceptors (Lipinski definition) is 1. The first-order valence-electron chi connectivity index (χ1n) is 9.51. The number of allylic oxidation sites excluding steroid dienone is 1. The molecule has 0 amide bonds. The van der Waals surface area contributed by atoms with Crippen molar-refractivity contribution in [3.8, 4) is 0 Å². The lowest BCUT2D eigenvalue weighted by atomic mass is 9.79. The van der Waals surface area contributed by atoms with Crippen molar-refractivity contribution in [1.82, 2.24) is 4.90 Å². The summed E-state index contributed by atoms with van der Waals surface area (Å²) in [5.41, 5.74) is 2.69. The fourth-order valence-corrected chi connectivity index (χ4v) is 4.40. The fourth-order valence-electron chi connectivity index (χ4n) is 3.84. The Hall–Kier alpha value is -1.93. The van der Waals surface area contributed by atoms with Crippen molar-refractivity contribution >= 4 is 17.2 Å². The van der Waals surface area contributed by atoms with E-state index in [0.717, 1.165) is 17.8 Å². The van der Waals surface area contributed by atoms with E-state index in [1.165, 1.54) is 11.1 Å². The highest BCUT2D eigenvalue weighted by atomic mass is 32.1. The summed E-state index contributed by atoms with van der Waals surface area (Å²) in [6, 6.07) is 22.3. The molecule has 136 valence electrons. The van der Waals surface area contributed by atoms with Gasteiger partial charge in [-0.25, -0.2) is 0 Å². The molecule has 3 rings (SSSR count). The van der Waals surface area contributed by atoms with Crippen molar-refractivity contribution in [2.75, 3.05) is 0 Å². The molecule has 2 aromatic carbocycles. The molecule has 0 N–H and O–H groups in total. The van der Waals surface area contributed by atoms with Crippen LogP contribution in [0.4, 0.5) is 0 Å². The van der Waals surface area contributed by atoms with E-state index in [0.29, 0.717) is 12.1 Å². The summed E-state index contributed by atoms with van der Waals surface area (Å²) in [4.78, 5) is 3.56. The molecule has 0 spiro atoms. The van der Waals surface area contributed by atoms with Gasteiger partial charge in [-0.15, -0.1) is 6.58 Å². The average Bonchev–Trinajstić information content (AvgIpc) is 3.13. The topological polar surface area (TPSA) is 3.24 Å². The summed E-state index contributed by atoms with van der Waals surface area (Å²) in [7, 11) is 0. The Balaban J connectivity index is 2.00. The molecule has 3 atom stereocenters. The number of hydrogen-bond donors (Lipinski definition) is 0. The number of rotatable bonds is 5. The van der Waals surface area contributed by atoms with Gasteiger partial charge < -0.3 is 4.90 Å². The van der Waals surface area contributed by atoms with Crippen LogP contribution in [-0.2, 0) is 0 Å². The predicted molar refractivity (Wildman–Crippen MR) is 115 cm³/mol. The van der Waals surface area contributed by atoms with Gasteiger partial charge >= 0.3 is 0 Å². The van der Waals surface area contributed by atoms with Gasteiger partial charge in [0.05, 0.1) is 17.1 Å². The third kappa shape index (κ3) is 3.61. The molecular formula is C24H29NS. The Morgan fingerprint density at radius 2 is 1.42 bits per heavy atom. The summed E-state index contributed by atoms with van der Waals surface area (Å²) in [5.74, 6) is 0.255. The molecule has 1 heterocycles. The Bertz CT molecular complexity index is 703. The quantitative estimate of drug-likeness (QED) is 0.427. The maximum atomic E-state index is 6.08. The van der Waals surface area contributed by atoms with E-state index < -0.39 is 0 Å². The highest BCUT2D eigenvalue weighted by Crippen LogP contribution is 2.46. The lowest BCUT2D eigenvalue weighted by molar-refractivity contribution is 0.283. The van der Waals surface area contributed by atoms with Gasteiger partial charge in [-0.3, -0.25) is 0 Å². The highest BCUT2D eigenvalue weighted by Gasteiger charge is 2.40. The number of benzene rings is 2. The van der Waals surface area contributed by atoms with Gasteiger partial charge in [0.15, 0.2) is 0 Å². The molecule has 0 radical (unpaired) electrons. The number of thiocarbonyl (C=S) groups is 1. The average molecular weight is 364 g/mol. The zero-order chi connectivity index (χ0) is 18.7. The SMILES string of the molecule is C=CC(C)(C)[C@@H](C)C(=S)N1[C@@H](c2ccccc2)CC[C@@H]1c1ccccc1. The van der Waals surface area contributed by atoms with E-state index >= 15 is 0 Å². The van der Waals surface area contributed by atoms with Gasteiger partial charge in [-0.1, -0.05) is 99.7 Å². The molecule has 1 aliphatic rings. The second-order valence-corrected chi connectivity index (χ2v) is 8.34. The zero-order valence-corrected chi connectivity index (χ0v) is 16.9. The fraction of sp³-hybridized carbons (Fsp3) is 0.375. The van der Waals surface area contributed by atoms with Crippen LogP contribution in [0.15, 0.2) is 73.3 Å². The second-order valence-electron chi connectivity index (χ2n) is 7.92. The van der Waals surface area contributed by atoms with Gasteiger partial charge in [-0.05, 0) is 29.4 Å². The Morgan fingerprint density at radius 1 is 1.00 bits per heavy atom. The van der Waals surface area contributed by atoms with Crippen molar-refractivity contribution in [2.24, 2.45) is 11.3 Å². The van der Waals surface area contributed by atoms with Crippen LogP contribution >= 0.6 is 12.2 Å². The molecule has 0 unspecified atom stereocenters. The third-order valence-corrected chi connectivity index (χ3v) is 6.59. The Kier molecular flexibility index (Phi) is 5.62. The first kappa shape index (κ1) is 18.8. The molecule has 2 aromatic rings. The molecular weight excluding hydrogens is 334 g/mol. The van der Waals surface area contributed by atoms with Crippen LogP contribution in [0.3, 0.4) is 0 Å². The molecule has 0 saturated carbocycles. The highest BCUT2D eigenvalue weighted by molar-refractivity contribution is 7.80. The minimum atomic E-state index is -0.0256. The van der Waals surface area contributed by atoms with Gasteiger partial charge in [-0.2, -0.15) is 0 Å². The third-order valence-electron chi connectivity index (χ3n) is 6.02. The standard InChI is InChI=1S/C24H29NS/c1-5-24(3,4)18(2)23(26)25-21(19-12-8-6-9-13-19)16-17-22(25)20-14-10-7-11-15-20/h5-15,18,21-22H,1,16-17H2,2-4H3/t18-,21+,22+/m0/s1. The van der Waals surface area contributed by atoms with Crippen molar-refractivity contribution in [3.63, 3.8) is 0 Å². The molecule has 1 saturated heterocycles. The lowest BCUT2D eigenvalue weighted by Gasteiger charge is -2.40. The molecule has 1 fully saturated rings. The number of nitrogens with zero attached hydrogens (tertiary/aromatic N) is 1. The minimum Gasteiger partial charge on any atom is -0.352 e. The maximum Gasteiger partial charge on any atom is 0.0826 e. The van der Waals surface area contributed by atoms with E-state index in [9.17, 15) is 0 Å². The van der Waals surface area contributed by atoms with Gasteiger partial charge in [0.2, 0.25) is 0 Å². The minimum absolute atomic E-state index is 0.0256. The maximum absolute atomic E-state index is 6.08. The van der Waals surface area contributed by atoms with Crippen LogP contribution in [0.2, 0.25) is 0 Å². The van der Waals surface area contributed by atoms with Crippen molar-refractivity contribution in [2.45, 2.75) is 45.7 Å². The van der Waals surface area contributed by atoms with Crippen molar-refractivity contribution in [1.29, 1.82) is 0 Å². The normalized spacial score (nSPS) is 21.4. The summed E-state index contributed by atoms with van der Waals surface area (Å²) >= 11 is 6.08. The van der Waals surface area contributed by atoms with Gasteiger partial charge in [0.25, 0.3) is 0 Å². The lowest BCUT2D eigenvalue weighted by Crippen LogP contribution is -2.40. The van der Waals surface area contributed by atoms with E-state index in [2.05, 4.69) is 92.9 Å². The molecule has 1 nitrogen and oxygen atoms in total. The monoisotopic (exact) mass is 363 g/mol. The van der Waals surface area contributed by atoms with Crippen LogP contribution in [0, 0.1) is 11.3 Å². The first-order chi connectivity index (χ1) is 12.5. The molecule has 1 aliphatic heterocycles. The van der Waals surface area contributed by atoms with Crippen LogP contribution in [-0.4, -0.2) is 9.89 Å². The van der Waals surface area contributed by atoms with E-state index in [1.807, 2.05) is 6.08 Å². The van der Waals surface area contributed by atoms with Gasteiger partial charge in [0.1, 0.15) is 0 Å². The van der Waals surface area contributed by atoms with Crippen LogP contribution < -0.4 is 0 Å². The summed E-state index contributed by atoms with van der Waals surface area (Å²) in [6.45, 7) is 10.7. The van der Waals surface area contributed by atoms with E-state index in [4.69, 9.17) is 12.2 Å². The zero-order valence-electron chi connectivity index (χ0n) is 16.1. The van der Waals surface area contributed by atoms with Crippen molar-refractivity contribution in [3.05, 3.63) is 84.4 Å². The summed E-state index contributed by atoms with van der Waals surface area (Å²) in [6.07, 6.45) is 4.30. The molecule has 0 bridgehead atoms. The summed E-state index contributed by atoms with van der Waals surface area (Å²) < 4.78 is 0. The first-order valence-corrected chi connectivity index (χ1v) is 9.92. The van der Waals surface area contributed by atoms with E-state index in [-0.39, 0.29) is 11.3 Å². The molecule has 26 heavy (non-hydrogen) atoms. The van der Waals surface area contributed by atoms with Crippen LogP contribution in [0.1, 0.15) is 56.8 Å². The summed E-state index contributed by atoms with van der Waals surface area (Å²) in [5, 5.41) is 0. The van der Waals surface area contributed by atoms with Crippen LogP contribution in [0.5, 0.6) is 0 Å². The molecule has 0 aromatic heterocycles. The smallest absolute Gasteiger partial charge is 0.0826 e. The predicted octanol–water partition coefficient (Wildman–Crippen LogP) is 6.74. The Morgan fingerprint density at radius 3 is 1.81 bits per heavy atom. The van der Waals surface area contributed by atoms with Crippen LogP contribution in [0.25, 0.3) is 0 Å². The number of likely N-dealkylation sites (tertiary alicyclic amines) is 1. The van der Waals surface area contributed by atoms with Gasteiger partial charge in [0, 0.05) is 5.92 Å². The molecule has 0 aliphatic carbocycles. The largest absolute Gasteiger partial charge is 0.352 e. The van der Waals surface area contributed by atoms with Crippen molar-refractivity contribution < 1.29 is 0 Å². The molecule has 2 heteroatoms. The van der Waals surface area contributed by atoms with E-state index in [1.54, 1.807) is 0 Å². The second kappa shape index (κ2) is 7.75.